The van der Waals surface area contributed by atoms with E-state index in [0.29, 0.717) is 27.7 Å². The van der Waals surface area contributed by atoms with Crippen LogP contribution in [0.4, 0.5) is 18.9 Å². The molecule has 1 nitrogen and oxygen atoms in total. The fourth-order valence-corrected chi connectivity index (χ4v) is 2.40. The molecule has 0 radical (unpaired) electrons. The first-order valence-electron chi connectivity index (χ1n) is 5.74. The number of hydrogen-bond acceptors (Lipinski definition) is 1. The number of anilines is 1. The number of benzene rings is 2. The maximum absolute atomic E-state index is 13.6. The van der Waals surface area contributed by atoms with Crippen molar-refractivity contribution in [2.75, 3.05) is 5.32 Å². The van der Waals surface area contributed by atoms with Crippen molar-refractivity contribution in [1.82, 2.24) is 0 Å². The Hall–Kier alpha value is -1.39. The highest BCUT2D eigenvalue weighted by molar-refractivity contribution is 6.35. The lowest BCUT2D eigenvalue weighted by molar-refractivity contribution is 0.545. The number of nitrogens with one attached hydrogen (secondary N) is 1. The predicted molar refractivity (Wildman–Crippen MR) is 74.8 cm³/mol. The van der Waals surface area contributed by atoms with Gasteiger partial charge in [-0.1, -0.05) is 29.3 Å². The normalized spacial score (nSPS) is 12.3. The van der Waals surface area contributed by atoms with Gasteiger partial charge >= 0.3 is 0 Å². The lowest BCUT2D eigenvalue weighted by Gasteiger charge is -2.18. The summed E-state index contributed by atoms with van der Waals surface area (Å²) in [4.78, 5) is 0. The molecule has 0 heterocycles. The van der Waals surface area contributed by atoms with E-state index in [1.807, 2.05) is 0 Å². The Kier molecular flexibility index (Phi) is 4.45. The molecule has 6 heteroatoms. The van der Waals surface area contributed by atoms with E-state index in [1.165, 1.54) is 6.07 Å². The highest BCUT2D eigenvalue weighted by Crippen LogP contribution is 2.30. The summed E-state index contributed by atoms with van der Waals surface area (Å²) < 4.78 is 39.9. The number of rotatable bonds is 3. The number of hydrogen-bond donors (Lipinski definition) is 1. The molecular weight excluding hydrogens is 310 g/mol. The van der Waals surface area contributed by atoms with E-state index in [9.17, 15) is 13.2 Å². The summed E-state index contributed by atoms with van der Waals surface area (Å²) in [5, 5.41) is 3.48. The summed E-state index contributed by atoms with van der Waals surface area (Å²) in [7, 11) is 0. The Morgan fingerprint density at radius 2 is 1.60 bits per heavy atom. The summed E-state index contributed by atoms with van der Waals surface area (Å²) in [5.74, 6) is -2.97. The molecule has 0 spiro atoms. The molecule has 1 atom stereocenters. The molecule has 0 aliphatic carbocycles. The standard InChI is InChI=1S/C14H10Cl2F3N/c1-7(10-3-2-8(15)4-11(10)16)20-14-12(18)5-9(17)6-13(14)19/h2-7,20H,1H3. The third-order valence-corrected chi connectivity index (χ3v) is 3.36. The van der Waals surface area contributed by atoms with Crippen LogP contribution in [0.3, 0.4) is 0 Å². The second-order valence-electron chi connectivity index (χ2n) is 4.28. The van der Waals surface area contributed by atoms with E-state index in [4.69, 9.17) is 23.2 Å². The van der Waals surface area contributed by atoms with Crippen molar-refractivity contribution in [1.29, 1.82) is 0 Å². The SMILES string of the molecule is CC(Nc1c(F)cc(F)cc1F)c1ccc(Cl)cc1Cl. The average molecular weight is 320 g/mol. The molecule has 2 aromatic rings. The Bertz CT molecular complexity index is 623. The van der Waals surface area contributed by atoms with Gasteiger partial charge in [0.15, 0.2) is 11.6 Å². The van der Waals surface area contributed by atoms with Crippen LogP contribution in [-0.2, 0) is 0 Å². The van der Waals surface area contributed by atoms with Gasteiger partial charge in [-0.3, -0.25) is 0 Å². The summed E-state index contributed by atoms with van der Waals surface area (Å²) in [6, 6.07) is 5.56. The summed E-state index contributed by atoms with van der Waals surface area (Å²) in [5.41, 5.74) is 0.226. The van der Waals surface area contributed by atoms with Gasteiger partial charge in [0.2, 0.25) is 0 Å². The van der Waals surface area contributed by atoms with Gasteiger partial charge in [-0.15, -0.1) is 0 Å². The first kappa shape index (κ1) is 15.0. The zero-order valence-electron chi connectivity index (χ0n) is 10.4. The van der Waals surface area contributed by atoms with Crippen LogP contribution in [0.25, 0.3) is 0 Å². The molecule has 0 aliphatic rings. The molecule has 1 N–H and O–H groups in total. The highest BCUT2D eigenvalue weighted by atomic mass is 35.5. The fraction of sp³-hybridized carbons (Fsp3) is 0.143. The molecule has 0 aliphatic heterocycles. The summed E-state index contributed by atoms with van der Waals surface area (Å²) >= 11 is 11.8. The average Bonchev–Trinajstić information content (AvgIpc) is 2.33. The molecule has 0 fully saturated rings. The molecule has 0 saturated heterocycles. The monoisotopic (exact) mass is 319 g/mol. The van der Waals surface area contributed by atoms with Gasteiger partial charge in [-0.05, 0) is 24.6 Å². The lowest BCUT2D eigenvalue weighted by Crippen LogP contribution is -2.10. The molecule has 0 amide bonds. The van der Waals surface area contributed by atoms with Crippen molar-refractivity contribution >= 4 is 28.9 Å². The van der Waals surface area contributed by atoms with Gasteiger partial charge in [-0.25, -0.2) is 13.2 Å². The molecule has 0 aromatic heterocycles. The van der Waals surface area contributed by atoms with Crippen LogP contribution >= 0.6 is 23.2 Å². The predicted octanol–water partition coefficient (Wildman–Crippen LogP) is 5.58. The second kappa shape index (κ2) is 5.94. The van der Waals surface area contributed by atoms with Crippen LogP contribution in [-0.4, -0.2) is 0 Å². The topological polar surface area (TPSA) is 12.0 Å². The Labute approximate surface area is 124 Å². The largest absolute Gasteiger partial charge is 0.374 e. The zero-order chi connectivity index (χ0) is 14.9. The summed E-state index contributed by atoms with van der Waals surface area (Å²) in [6.07, 6.45) is 0. The number of halogens is 5. The minimum atomic E-state index is -1.00. The van der Waals surface area contributed by atoms with Gasteiger partial charge in [0.1, 0.15) is 11.5 Å². The van der Waals surface area contributed by atoms with Crippen LogP contribution in [0.1, 0.15) is 18.5 Å². The summed E-state index contributed by atoms with van der Waals surface area (Å²) in [6.45, 7) is 1.68. The third-order valence-electron chi connectivity index (χ3n) is 2.80. The maximum atomic E-state index is 13.6. The quantitative estimate of drug-likeness (QED) is 0.778. The lowest BCUT2D eigenvalue weighted by atomic mass is 10.1. The molecule has 0 saturated carbocycles. The minimum Gasteiger partial charge on any atom is -0.374 e. The van der Waals surface area contributed by atoms with E-state index >= 15 is 0 Å². The van der Waals surface area contributed by atoms with Crippen molar-refractivity contribution in [3.63, 3.8) is 0 Å². The van der Waals surface area contributed by atoms with Gasteiger partial charge < -0.3 is 5.32 Å². The Morgan fingerprint density at radius 3 is 2.15 bits per heavy atom. The van der Waals surface area contributed by atoms with Gasteiger partial charge in [-0.2, -0.15) is 0 Å². The minimum absolute atomic E-state index is 0.375. The van der Waals surface area contributed by atoms with Crippen molar-refractivity contribution < 1.29 is 13.2 Å². The van der Waals surface area contributed by atoms with Crippen molar-refractivity contribution in [3.05, 3.63) is 63.4 Å². The fourth-order valence-electron chi connectivity index (χ4n) is 1.83. The highest BCUT2D eigenvalue weighted by Gasteiger charge is 2.16. The van der Waals surface area contributed by atoms with Gasteiger partial charge in [0.05, 0.1) is 6.04 Å². The molecule has 2 rings (SSSR count). The van der Waals surface area contributed by atoms with E-state index in [-0.39, 0.29) is 0 Å². The van der Waals surface area contributed by atoms with Crippen LogP contribution in [0.2, 0.25) is 10.0 Å². The van der Waals surface area contributed by atoms with E-state index in [2.05, 4.69) is 5.32 Å². The first-order valence-corrected chi connectivity index (χ1v) is 6.50. The molecule has 0 bridgehead atoms. The van der Waals surface area contributed by atoms with E-state index < -0.39 is 29.2 Å². The molecule has 20 heavy (non-hydrogen) atoms. The second-order valence-corrected chi connectivity index (χ2v) is 5.12. The van der Waals surface area contributed by atoms with Crippen LogP contribution in [0, 0.1) is 17.5 Å². The van der Waals surface area contributed by atoms with E-state index in [1.54, 1.807) is 19.1 Å². The van der Waals surface area contributed by atoms with Gasteiger partial charge in [0.25, 0.3) is 0 Å². The molecule has 2 aromatic carbocycles. The van der Waals surface area contributed by atoms with E-state index in [0.717, 1.165) is 0 Å². The van der Waals surface area contributed by atoms with Crippen molar-refractivity contribution in [3.8, 4) is 0 Å². The van der Waals surface area contributed by atoms with Crippen LogP contribution in [0.15, 0.2) is 30.3 Å². The molecule has 106 valence electrons. The van der Waals surface area contributed by atoms with Crippen molar-refractivity contribution in [2.24, 2.45) is 0 Å². The Morgan fingerprint density at radius 1 is 1.00 bits per heavy atom. The first-order chi connectivity index (χ1) is 9.38. The van der Waals surface area contributed by atoms with Crippen LogP contribution < -0.4 is 5.32 Å². The molecule has 1 unspecified atom stereocenters. The molecular formula is C14H10Cl2F3N. The third kappa shape index (κ3) is 3.19. The zero-order valence-corrected chi connectivity index (χ0v) is 11.9. The van der Waals surface area contributed by atoms with Gasteiger partial charge in [0, 0.05) is 22.2 Å². The van der Waals surface area contributed by atoms with Crippen molar-refractivity contribution in [2.45, 2.75) is 13.0 Å². The smallest absolute Gasteiger partial charge is 0.152 e. The van der Waals surface area contributed by atoms with Crippen LogP contribution in [0.5, 0.6) is 0 Å². The Balaban J connectivity index is 2.30. The maximum Gasteiger partial charge on any atom is 0.152 e.